The van der Waals surface area contributed by atoms with E-state index in [-0.39, 0.29) is 0 Å². The lowest BCUT2D eigenvalue weighted by molar-refractivity contribution is -0.317. The lowest BCUT2D eigenvalue weighted by Gasteiger charge is -2.49. The molecule has 2 fully saturated rings. The van der Waals surface area contributed by atoms with Gasteiger partial charge in [-0.3, -0.25) is 28.8 Å². The second-order valence-corrected chi connectivity index (χ2v) is 12.1. The van der Waals surface area contributed by atoms with Crippen LogP contribution in [0.25, 0.3) is 10.4 Å². The molecule has 0 spiro atoms. The molecule has 2 amide bonds. The maximum absolute atomic E-state index is 13.2. The number of hydrogen-bond donors (Lipinski definition) is 2. The molecular weight excluding hydrogens is 674 g/mol. The Morgan fingerprint density at radius 2 is 1.16 bits per heavy atom. The molecule has 0 unspecified atom stereocenters. The molecule has 2 heterocycles. The van der Waals surface area contributed by atoms with Gasteiger partial charge in [-0.2, -0.15) is 0 Å². The third kappa shape index (κ3) is 13.0. The number of hydrogen-bond acceptors (Lipinski definition) is 17. The molecular formula is C29H43N5O16. The van der Waals surface area contributed by atoms with Crippen LogP contribution >= 0.6 is 0 Å². The summed E-state index contributed by atoms with van der Waals surface area (Å²) in [6.45, 7) is 10.0. The van der Waals surface area contributed by atoms with Crippen LogP contribution in [0.3, 0.4) is 0 Å². The smallest absolute Gasteiger partial charge is 0.408 e. The van der Waals surface area contributed by atoms with Crippen molar-refractivity contribution in [2.45, 2.75) is 129 Å². The van der Waals surface area contributed by atoms with E-state index in [1.807, 2.05) is 0 Å². The highest BCUT2D eigenvalue weighted by Gasteiger charge is 2.56. The molecule has 280 valence electrons. The van der Waals surface area contributed by atoms with Crippen molar-refractivity contribution in [3.05, 3.63) is 10.4 Å². The monoisotopic (exact) mass is 717 g/mol. The van der Waals surface area contributed by atoms with Crippen LogP contribution in [-0.4, -0.2) is 122 Å². The van der Waals surface area contributed by atoms with E-state index in [0.29, 0.717) is 0 Å². The van der Waals surface area contributed by atoms with Crippen LogP contribution in [0.5, 0.6) is 0 Å². The van der Waals surface area contributed by atoms with Crippen molar-refractivity contribution >= 4 is 41.8 Å². The SMILES string of the molecule is CC(=O)N[C@@H]1[C@@H](OC(C)=O)[C@H](O[C@@H]2O[C@H](COC(C)=O)[C@@H](OC(C)=O)[C@H](OC(C)=O)[C@H]2NC(=O)OC(C)(C)C)[C@@H](COC(C)=O)O[C@@H]1N=[N+]=[N-]. The van der Waals surface area contributed by atoms with E-state index in [0.717, 1.165) is 41.5 Å². The van der Waals surface area contributed by atoms with Crippen molar-refractivity contribution in [2.24, 2.45) is 5.11 Å². The van der Waals surface area contributed by atoms with Gasteiger partial charge in [-0.1, -0.05) is 5.11 Å². The minimum absolute atomic E-state index is 0.580. The van der Waals surface area contributed by atoms with Gasteiger partial charge in [0.05, 0.1) is 0 Å². The number of amides is 2. The minimum atomic E-state index is -1.78. The maximum Gasteiger partial charge on any atom is 0.408 e. The zero-order valence-corrected chi connectivity index (χ0v) is 29.1. The molecule has 0 radical (unpaired) electrons. The van der Waals surface area contributed by atoms with Crippen LogP contribution in [0.1, 0.15) is 62.3 Å². The van der Waals surface area contributed by atoms with E-state index in [2.05, 4.69) is 20.7 Å². The highest BCUT2D eigenvalue weighted by atomic mass is 16.7. The number of nitrogens with zero attached hydrogens (tertiary/aromatic N) is 3. The number of carbonyl (C=O) groups is 7. The fourth-order valence-electron chi connectivity index (χ4n) is 5.06. The van der Waals surface area contributed by atoms with E-state index in [1.54, 1.807) is 20.8 Å². The number of esters is 5. The van der Waals surface area contributed by atoms with Crippen LogP contribution < -0.4 is 10.6 Å². The Kier molecular flexibility index (Phi) is 15.2. The first-order valence-corrected chi connectivity index (χ1v) is 15.3. The first-order valence-electron chi connectivity index (χ1n) is 15.3. The number of rotatable bonds is 12. The van der Waals surface area contributed by atoms with E-state index >= 15 is 0 Å². The quantitative estimate of drug-likeness (QED) is 0.0911. The third-order valence-electron chi connectivity index (χ3n) is 6.63. The van der Waals surface area contributed by atoms with Crippen molar-refractivity contribution in [1.29, 1.82) is 0 Å². The van der Waals surface area contributed by atoms with Gasteiger partial charge < -0.3 is 53.3 Å². The summed E-state index contributed by atoms with van der Waals surface area (Å²) in [7, 11) is 0. The molecule has 2 aliphatic heterocycles. The fraction of sp³-hybridized carbons (Fsp3) is 0.759. The second kappa shape index (κ2) is 18.3. The van der Waals surface area contributed by atoms with Gasteiger partial charge in [-0.15, -0.1) is 0 Å². The Labute approximate surface area is 286 Å². The molecule has 2 rings (SSSR count). The summed E-state index contributed by atoms with van der Waals surface area (Å²) < 4.78 is 50.5. The van der Waals surface area contributed by atoms with Crippen LogP contribution in [0.2, 0.25) is 0 Å². The Hall–Kier alpha value is -4.72. The van der Waals surface area contributed by atoms with Crippen molar-refractivity contribution in [1.82, 2.24) is 10.6 Å². The third-order valence-corrected chi connectivity index (χ3v) is 6.63. The Balaban J connectivity index is 2.80. The van der Waals surface area contributed by atoms with E-state index in [9.17, 15) is 39.1 Å². The first-order chi connectivity index (χ1) is 23.2. The Morgan fingerprint density at radius 3 is 1.60 bits per heavy atom. The van der Waals surface area contributed by atoms with E-state index < -0.39 is 122 Å². The summed E-state index contributed by atoms with van der Waals surface area (Å²) in [5, 5.41) is 8.54. The number of alkyl carbamates (subject to hydrolysis) is 1. The summed E-state index contributed by atoms with van der Waals surface area (Å²) in [5.74, 6) is -4.84. The lowest BCUT2D eigenvalue weighted by Crippen LogP contribution is -2.70. The molecule has 2 aliphatic rings. The van der Waals surface area contributed by atoms with E-state index in [1.165, 1.54) is 0 Å². The average molecular weight is 718 g/mol. The van der Waals surface area contributed by atoms with Crippen LogP contribution in [0.4, 0.5) is 4.79 Å². The second-order valence-electron chi connectivity index (χ2n) is 12.1. The molecule has 0 aromatic heterocycles. The Morgan fingerprint density at radius 1 is 0.680 bits per heavy atom. The number of carbonyl (C=O) groups excluding carboxylic acids is 7. The summed E-state index contributed by atoms with van der Waals surface area (Å²) in [4.78, 5) is 88.8. The van der Waals surface area contributed by atoms with Crippen molar-refractivity contribution in [2.75, 3.05) is 13.2 Å². The molecule has 2 saturated heterocycles. The molecule has 21 nitrogen and oxygen atoms in total. The largest absolute Gasteiger partial charge is 0.463 e. The summed E-state index contributed by atoms with van der Waals surface area (Å²) in [5.41, 5.74) is 8.20. The standard InChI is InChI=1S/C29H43N5O16/c1-12(35)31-20-24(45-16(5)39)23(18(10-42-13(2)36)47-26(20)33-34-30)49-27-21(32-28(41)50-29(7,8)9)25(46-17(6)40)22(44-15(4)38)19(48-27)11-43-14(3)37/h18-27H,10-11H2,1-9H3,(H,31,35)(H,32,41)/t18-,19-,20-,21-,22-,23-,24-,25-,26+,27+/m1/s1. The average Bonchev–Trinajstić information content (AvgIpc) is 2.95. The lowest BCUT2D eigenvalue weighted by atomic mass is 9.93. The van der Waals surface area contributed by atoms with Gasteiger partial charge >= 0.3 is 35.9 Å². The van der Waals surface area contributed by atoms with Gasteiger partial charge in [0.25, 0.3) is 0 Å². The predicted octanol–water partition coefficient (Wildman–Crippen LogP) is 0.451. The fourth-order valence-corrected chi connectivity index (χ4v) is 5.06. The maximum atomic E-state index is 13.2. The summed E-state index contributed by atoms with van der Waals surface area (Å²) in [6.07, 6.45) is -13.5. The molecule has 50 heavy (non-hydrogen) atoms. The minimum Gasteiger partial charge on any atom is -0.463 e. The summed E-state index contributed by atoms with van der Waals surface area (Å²) >= 11 is 0. The topological polar surface area (TPSA) is 275 Å². The van der Waals surface area contributed by atoms with Gasteiger partial charge in [0, 0.05) is 46.5 Å². The van der Waals surface area contributed by atoms with Crippen molar-refractivity contribution in [3.8, 4) is 0 Å². The highest BCUT2D eigenvalue weighted by Crippen LogP contribution is 2.34. The van der Waals surface area contributed by atoms with Crippen molar-refractivity contribution < 1.29 is 76.2 Å². The zero-order valence-electron chi connectivity index (χ0n) is 29.1. The molecule has 0 aromatic carbocycles. The number of ether oxygens (including phenoxy) is 9. The van der Waals surface area contributed by atoms with E-state index in [4.69, 9.17) is 42.6 Å². The molecule has 10 atom stereocenters. The van der Waals surface area contributed by atoms with Crippen LogP contribution in [0, 0.1) is 0 Å². The molecule has 21 heteroatoms. The first kappa shape index (κ1) is 41.5. The van der Waals surface area contributed by atoms with Crippen LogP contribution in [-0.2, 0) is 71.4 Å². The molecule has 0 aromatic rings. The van der Waals surface area contributed by atoms with Crippen LogP contribution in [0.15, 0.2) is 5.11 Å². The molecule has 0 bridgehead atoms. The molecule has 2 N–H and O–H groups in total. The summed E-state index contributed by atoms with van der Waals surface area (Å²) in [6, 6.07) is -2.99. The van der Waals surface area contributed by atoms with Gasteiger partial charge in [0.2, 0.25) is 5.91 Å². The molecule has 0 aliphatic carbocycles. The number of nitrogens with one attached hydrogen (secondary N) is 2. The number of azide groups is 1. The Bertz CT molecular complexity index is 1330. The normalized spacial score (nSPS) is 29.1. The predicted molar refractivity (Wildman–Crippen MR) is 162 cm³/mol. The zero-order chi connectivity index (χ0) is 37.9. The van der Waals surface area contributed by atoms with Gasteiger partial charge in [-0.25, -0.2) is 4.79 Å². The van der Waals surface area contributed by atoms with Crippen molar-refractivity contribution in [3.63, 3.8) is 0 Å². The van der Waals surface area contributed by atoms with Gasteiger partial charge in [0.15, 0.2) is 30.8 Å². The van der Waals surface area contributed by atoms with Gasteiger partial charge in [0.1, 0.15) is 49.2 Å². The molecule has 0 saturated carbocycles. The van der Waals surface area contributed by atoms with Gasteiger partial charge in [-0.05, 0) is 26.3 Å². The highest BCUT2D eigenvalue weighted by molar-refractivity contribution is 5.74.